The predicted octanol–water partition coefficient (Wildman–Crippen LogP) is 4.02. The van der Waals surface area contributed by atoms with E-state index in [-0.39, 0.29) is 17.7 Å². The molecule has 0 radical (unpaired) electrons. The van der Waals surface area contributed by atoms with E-state index >= 15 is 0 Å². The van der Waals surface area contributed by atoms with E-state index in [1.165, 1.54) is 0 Å². The molecule has 3 rings (SSSR count). The summed E-state index contributed by atoms with van der Waals surface area (Å²) >= 11 is 0. The summed E-state index contributed by atoms with van der Waals surface area (Å²) in [6, 6.07) is 1.88. The van der Waals surface area contributed by atoms with Gasteiger partial charge in [0.05, 0.1) is 17.4 Å². The molecule has 3 aromatic rings. The molecule has 0 aliphatic rings. The first kappa shape index (κ1) is 22.1. The van der Waals surface area contributed by atoms with Crippen LogP contribution in [0.3, 0.4) is 0 Å². The van der Waals surface area contributed by atoms with Gasteiger partial charge in [-0.3, -0.25) is 4.79 Å². The van der Waals surface area contributed by atoms with Gasteiger partial charge in [0.1, 0.15) is 16.9 Å². The first-order chi connectivity index (χ1) is 13.9. The van der Waals surface area contributed by atoms with Gasteiger partial charge in [0.2, 0.25) is 5.91 Å². The minimum absolute atomic E-state index is 0.0177. The number of carbonyl (C=O) groups is 1. The van der Waals surface area contributed by atoms with Crippen LogP contribution >= 0.6 is 0 Å². The first-order valence-electron chi connectivity index (χ1n) is 10.3. The van der Waals surface area contributed by atoms with Crippen molar-refractivity contribution in [3.8, 4) is 0 Å². The second-order valence-electron chi connectivity index (χ2n) is 9.40. The van der Waals surface area contributed by atoms with Crippen LogP contribution in [-0.2, 0) is 11.2 Å². The average molecular weight is 413 g/mol. The lowest BCUT2D eigenvalue weighted by molar-refractivity contribution is -0.121. The van der Waals surface area contributed by atoms with Gasteiger partial charge in [0.15, 0.2) is 0 Å². The number of carbonyl (C=O) groups excluding carboxylic acids is 1. The summed E-state index contributed by atoms with van der Waals surface area (Å²) in [6.45, 7) is 13.4. The van der Waals surface area contributed by atoms with Crippen molar-refractivity contribution in [2.75, 3.05) is 27.2 Å². The molecule has 2 aromatic heterocycles. The second-order valence-corrected chi connectivity index (χ2v) is 9.40. The molecule has 1 aromatic carbocycles. The highest BCUT2D eigenvalue weighted by molar-refractivity contribution is 6.07. The Morgan fingerprint density at radius 3 is 2.37 bits per heavy atom. The largest absolute Gasteiger partial charge is 0.460 e. The molecule has 0 atom stereocenters. The maximum atomic E-state index is 12.7. The van der Waals surface area contributed by atoms with E-state index in [0.29, 0.717) is 17.7 Å². The van der Waals surface area contributed by atoms with Crippen molar-refractivity contribution in [2.45, 2.75) is 48.0 Å². The number of hydrogen-bond acceptors (Lipinski definition) is 5. The standard InChI is InChI=1S/C24H32N2O4/c1-13-9-18-21(22-20(13)14(2)16(4)29-22)15(3)17(23(28)30-18)10-19(27)25-11-24(5,6)12-26(7)8/h9H,10-12H2,1-8H3,(H,25,27). The Bertz CT molecular complexity index is 1180. The van der Waals surface area contributed by atoms with Gasteiger partial charge < -0.3 is 19.1 Å². The molecule has 6 heteroatoms. The lowest BCUT2D eigenvalue weighted by Gasteiger charge is -2.28. The molecule has 0 saturated carbocycles. The fraction of sp³-hybridized carbons (Fsp3) is 0.500. The number of fused-ring (bicyclic) bond motifs is 3. The Morgan fingerprint density at radius 1 is 1.07 bits per heavy atom. The molecule has 0 saturated heterocycles. The molecule has 30 heavy (non-hydrogen) atoms. The smallest absolute Gasteiger partial charge is 0.340 e. The van der Waals surface area contributed by atoms with Crippen molar-refractivity contribution in [1.29, 1.82) is 0 Å². The lowest BCUT2D eigenvalue weighted by atomic mass is 9.92. The summed E-state index contributed by atoms with van der Waals surface area (Å²) in [5.74, 6) is 0.653. The molecule has 1 amide bonds. The Balaban J connectivity index is 1.98. The molecule has 0 fully saturated rings. The number of nitrogens with zero attached hydrogens (tertiary/aromatic N) is 1. The minimum Gasteiger partial charge on any atom is -0.460 e. The van der Waals surface area contributed by atoms with Crippen LogP contribution in [0, 0.1) is 33.1 Å². The highest BCUT2D eigenvalue weighted by atomic mass is 16.4. The van der Waals surface area contributed by atoms with Gasteiger partial charge in [0.25, 0.3) is 0 Å². The number of furan rings is 1. The Labute approximate surface area is 177 Å². The minimum atomic E-state index is -0.471. The zero-order chi connectivity index (χ0) is 22.4. The quantitative estimate of drug-likeness (QED) is 0.619. The second kappa shape index (κ2) is 7.91. The maximum absolute atomic E-state index is 12.7. The van der Waals surface area contributed by atoms with Crippen LogP contribution in [0.2, 0.25) is 0 Å². The van der Waals surface area contributed by atoms with E-state index in [1.807, 2.05) is 47.9 Å². The van der Waals surface area contributed by atoms with Gasteiger partial charge in [-0.25, -0.2) is 4.79 Å². The third kappa shape index (κ3) is 4.15. The summed E-state index contributed by atoms with van der Waals surface area (Å²) in [4.78, 5) is 27.4. The zero-order valence-corrected chi connectivity index (χ0v) is 19.3. The Hall–Kier alpha value is -2.60. The van der Waals surface area contributed by atoms with Crippen molar-refractivity contribution in [1.82, 2.24) is 10.2 Å². The summed E-state index contributed by atoms with van der Waals surface area (Å²) in [5, 5.41) is 4.77. The summed E-state index contributed by atoms with van der Waals surface area (Å²) in [5.41, 5.74) is 3.87. The number of nitrogens with one attached hydrogen (secondary N) is 1. The third-order valence-corrected chi connectivity index (χ3v) is 5.72. The summed E-state index contributed by atoms with van der Waals surface area (Å²) in [6.07, 6.45) is -0.0177. The normalized spacial score (nSPS) is 12.3. The van der Waals surface area contributed by atoms with Crippen molar-refractivity contribution >= 4 is 27.8 Å². The van der Waals surface area contributed by atoms with E-state index in [0.717, 1.165) is 45.4 Å². The third-order valence-electron chi connectivity index (χ3n) is 5.72. The predicted molar refractivity (Wildman–Crippen MR) is 120 cm³/mol. The highest BCUT2D eigenvalue weighted by Gasteiger charge is 2.23. The molecule has 0 spiro atoms. The molecule has 6 nitrogen and oxygen atoms in total. The lowest BCUT2D eigenvalue weighted by Crippen LogP contribution is -2.40. The monoisotopic (exact) mass is 412 g/mol. The fourth-order valence-corrected chi connectivity index (χ4v) is 4.31. The van der Waals surface area contributed by atoms with Crippen molar-refractivity contribution < 1.29 is 13.6 Å². The van der Waals surface area contributed by atoms with Crippen LogP contribution in [0.4, 0.5) is 0 Å². The maximum Gasteiger partial charge on any atom is 0.340 e. The molecule has 162 valence electrons. The molecule has 1 N–H and O–H groups in total. The highest BCUT2D eigenvalue weighted by Crippen LogP contribution is 2.36. The van der Waals surface area contributed by atoms with E-state index in [9.17, 15) is 9.59 Å². The number of amides is 1. The molecule has 0 aliphatic carbocycles. The van der Waals surface area contributed by atoms with Crippen LogP contribution in [0.25, 0.3) is 21.9 Å². The SMILES string of the molecule is Cc1oc2c(c(C)cc3oc(=O)c(CC(=O)NCC(C)(C)CN(C)C)c(C)c32)c1C. The van der Waals surface area contributed by atoms with E-state index < -0.39 is 5.63 Å². The Kier molecular flexibility index (Phi) is 5.83. The summed E-state index contributed by atoms with van der Waals surface area (Å²) in [7, 11) is 4.02. The molecular weight excluding hydrogens is 380 g/mol. The molecule has 2 heterocycles. The fourth-order valence-electron chi connectivity index (χ4n) is 4.31. The molecule has 0 unspecified atom stereocenters. The molecule has 0 bridgehead atoms. The van der Waals surface area contributed by atoms with Gasteiger partial charge in [-0.05, 0) is 70.0 Å². The van der Waals surface area contributed by atoms with Crippen molar-refractivity contribution in [3.63, 3.8) is 0 Å². The number of rotatable bonds is 6. The van der Waals surface area contributed by atoms with E-state index in [1.54, 1.807) is 0 Å². The number of benzene rings is 1. The van der Waals surface area contributed by atoms with Gasteiger partial charge in [0, 0.05) is 18.5 Å². The van der Waals surface area contributed by atoms with Crippen LogP contribution in [-0.4, -0.2) is 38.0 Å². The van der Waals surface area contributed by atoms with Crippen LogP contribution < -0.4 is 10.9 Å². The van der Waals surface area contributed by atoms with Gasteiger partial charge >= 0.3 is 5.63 Å². The number of hydrogen-bond donors (Lipinski definition) is 1. The van der Waals surface area contributed by atoms with Crippen LogP contribution in [0.15, 0.2) is 19.7 Å². The van der Waals surface area contributed by atoms with E-state index in [2.05, 4.69) is 24.1 Å². The topological polar surface area (TPSA) is 75.7 Å². The number of aryl methyl sites for hydroxylation is 4. The Morgan fingerprint density at radius 2 is 1.73 bits per heavy atom. The van der Waals surface area contributed by atoms with Crippen LogP contribution in [0.5, 0.6) is 0 Å². The van der Waals surface area contributed by atoms with Crippen molar-refractivity contribution in [3.05, 3.63) is 44.5 Å². The molecule has 0 aliphatic heterocycles. The van der Waals surface area contributed by atoms with Crippen molar-refractivity contribution in [2.24, 2.45) is 5.41 Å². The summed E-state index contributed by atoms with van der Waals surface area (Å²) < 4.78 is 11.6. The first-order valence-corrected chi connectivity index (χ1v) is 10.3. The van der Waals surface area contributed by atoms with Gasteiger partial charge in [-0.1, -0.05) is 13.8 Å². The van der Waals surface area contributed by atoms with E-state index in [4.69, 9.17) is 8.83 Å². The average Bonchev–Trinajstić information content (AvgIpc) is 2.91. The van der Waals surface area contributed by atoms with Crippen LogP contribution in [0.1, 0.15) is 41.9 Å². The van der Waals surface area contributed by atoms with Gasteiger partial charge in [-0.15, -0.1) is 0 Å². The van der Waals surface area contributed by atoms with Gasteiger partial charge in [-0.2, -0.15) is 0 Å². The molecular formula is C24H32N2O4. The zero-order valence-electron chi connectivity index (χ0n) is 19.3.